The van der Waals surface area contributed by atoms with E-state index in [1.165, 1.54) is 167 Å². The van der Waals surface area contributed by atoms with Gasteiger partial charge in [-0.15, -0.1) is 0 Å². The van der Waals surface area contributed by atoms with Crippen LogP contribution in [0.2, 0.25) is 0 Å². The zero-order chi connectivity index (χ0) is 51.4. The highest BCUT2D eigenvalue weighted by atomic mass is 16.6. The number of allylic oxidation sites excluding steroid dienone is 10. The largest absolute Gasteiger partial charge is 0.462 e. The van der Waals surface area contributed by atoms with Crippen LogP contribution in [0.5, 0.6) is 0 Å². The van der Waals surface area contributed by atoms with Crippen LogP contribution in [0.15, 0.2) is 60.8 Å². The molecule has 71 heavy (non-hydrogen) atoms. The molecular weight excluding hydrogens is 877 g/mol. The summed E-state index contributed by atoms with van der Waals surface area (Å²) in [5.41, 5.74) is 0. The van der Waals surface area contributed by atoms with E-state index in [4.69, 9.17) is 14.2 Å². The second kappa shape index (κ2) is 59.7. The van der Waals surface area contributed by atoms with Gasteiger partial charge in [0, 0.05) is 19.3 Å². The number of carbonyl (C=O) groups excluding carboxylic acids is 3. The highest BCUT2D eigenvalue weighted by Gasteiger charge is 2.19. The van der Waals surface area contributed by atoms with Gasteiger partial charge in [-0.05, 0) is 64.2 Å². The van der Waals surface area contributed by atoms with Gasteiger partial charge in [0.05, 0.1) is 0 Å². The number of esters is 3. The lowest BCUT2D eigenvalue weighted by Gasteiger charge is -2.18. The fraction of sp³-hybridized carbons (Fsp3) is 0.800. The maximum absolute atomic E-state index is 12.9. The maximum Gasteiger partial charge on any atom is 0.306 e. The number of ether oxygens (including phenoxy) is 3. The Morgan fingerprint density at radius 2 is 0.549 bits per heavy atom. The van der Waals surface area contributed by atoms with E-state index in [9.17, 15) is 14.4 Å². The minimum atomic E-state index is -0.779. The van der Waals surface area contributed by atoms with E-state index in [0.29, 0.717) is 19.3 Å². The van der Waals surface area contributed by atoms with Crippen molar-refractivity contribution in [2.24, 2.45) is 0 Å². The maximum atomic E-state index is 12.9. The van der Waals surface area contributed by atoms with Gasteiger partial charge in [0.1, 0.15) is 13.2 Å². The van der Waals surface area contributed by atoms with Crippen molar-refractivity contribution in [1.82, 2.24) is 0 Å². The van der Waals surface area contributed by atoms with Gasteiger partial charge >= 0.3 is 17.9 Å². The third-order valence-electron chi connectivity index (χ3n) is 13.5. The summed E-state index contributed by atoms with van der Waals surface area (Å²) in [4.78, 5) is 38.3. The Morgan fingerprint density at radius 3 is 0.859 bits per heavy atom. The van der Waals surface area contributed by atoms with Crippen LogP contribution >= 0.6 is 0 Å². The van der Waals surface area contributed by atoms with Gasteiger partial charge < -0.3 is 14.2 Å². The van der Waals surface area contributed by atoms with Gasteiger partial charge in [-0.3, -0.25) is 14.4 Å². The summed E-state index contributed by atoms with van der Waals surface area (Å²) < 4.78 is 16.9. The number of carbonyl (C=O) groups is 3. The first-order chi connectivity index (χ1) is 35.0. The molecule has 0 saturated heterocycles. The van der Waals surface area contributed by atoms with E-state index < -0.39 is 6.10 Å². The van der Waals surface area contributed by atoms with Gasteiger partial charge in [-0.1, -0.05) is 293 Å². The monoisotopic (exact) mass is 993 g/mol. The fourth-order valence-electron chi connectivity index (χ4n) is 8.94. The lowest BCUT2D eigenvalue weighted by atomic mass is 10.0. The lowest BCUT2D eigenvalue weighted by Crippen LogP contribution is -2.30. The smallest absolute Gasteiger partial charge is 0.306 e. The van der Waals surface area contributed by atoms with Gasteiger partial charge in [0.15, 0.2) is 6.10 Å². The zero-order valence-electron chi connectivity index (χ0n) is 47.2. The Labute approximate surface area is 440 Å². The van der Waals surface area contributed by atoms with Crippen molar-refractivity contribution in [2.45, 2.75) is 322 Å². The first-order valence-corrected chi connectivity index (χ1v) is 30.8. The third-order valence-corrected chi connectivity index (χ3v) is 13.5. The molecule has 0 aliphatic heterocycles. The standard InChI is InChI=1S/C65H116O6/c1-4-7-10-13-16-19-22-25-28-31-32-33-34-35-38-40-43-46-49-52-55-58-64(67)70-61-62(71-65(68)59-56-53-50-47-44-41-37-30-27-24-21-18-15-12-9-6-3)60-69-63(66)57-54-51-48-45-42-39-36-29-26-23-20-17-14-11-8-5-2/h7,10,16,19,25,28,32-33,35,38,62H,4-6,8-9,11-15,17-18,20-24,26-27,29-31,34,36-37,39-61H2,1-3H3/b10-7-,19-16-,28-25-,33-32-,38-35-. The van der Waals surface area contributed by atoms with Crippen LogP contribution in [0.1, 0.15) is 316 Å². The minimum absolute atomic E-state index is 0.0758. The first-order valence-electron chi connectivity index (χ1n) is 30.8. The summed E-state index contributed by atoms with van der Waals surface area (Å²) >= 11 is 0. The average Bonchev–Trinajstić information content (AvgIpc) is 3.37. The highest BCUT2D eigenvalue weighted by Crippen LogP contribution is 2.17. The molecule has 0 aromatic heterocycles. The zero-order valence-corrected chi connectivity index (χ0v) is 47.2. The second-order valence-electron chi connectivity index (χ2n) is 20.6. The van der Waals surface area contributed by atoms with Gasteiger partial charge in [0.25, 0.3) is 0 Å². The molecule has 0 aliphatic rings. The number of hydrogen-bond acceptors (Lipinski definition) is 6. The third kappa shape index (κ3) is 57.9. The number of rotatable bonds is 56. The Kier molecular flexibility index (Phi) is 57.2. The van der Waals surface area contributed by atoms with Crippen LogP contribution < -0.4 is 0 Å². The Bertz CT molecular complexity index is 1280. The molecular formula is C65H116O6. The second-order valence-corrected chi connectivity index (χ2v) is 20.6. The van der Waals surface area contributed by atoms with Crippen molar-refractivity contribution in [1.29, 1.82) is 0 Å². The molecule has 0 aliphatic carbocycles. The molecule has 0 aromatic rings. The molecule has 0 amide bonds. The van der Waals surface area contributed by atoms with Crippen LogP contribution in [0.25, 0.3) is 0 Å². The van der Waals surface area contributed by atoms with Gasteiger partial charge in [-0.2, -0.15) is 0 Å². The Balaban J connectivity index is 4.37. The molecule has 0 bridgehead atoms. The molecule has 0 radical (unpaired) electrons. The van der Waals surface area contributed by atoms with E-state index in [-0.39, 0.29) is 31.1 Å². The molecule has 0 heterocycles. The van der Waals surface area contributed by atoms with E-state index in [1.807, 2.05) is 0 Å². The summed E-state index contributed by atoms with van der Waals surface area (Å²) in [6.07, 6.45) is 75.0. The van der Waals surface area contributed by atoms with Crippen molar-refractivity contribution in [2.75, 3.05) is 13.2 Å². The first kappa shape index (κ1) is 68.1. The van der Waals surface area contributed by atoms with Crippen molar-refractivity contribution in [3.63, 3.8) is 0 Å². The summed E-state index contributed by atoms with van der Waals surface area (Å²) in [7, 11) is 0. The molecule has 0 aromatic carbocycles. The molecule has 412 valence electrons. The van der Waals surface area contributed by atoms with E-state index >= 15 is 0 Å². The highest BCUT2D eigenvalue weighted by molar-refractivity contribution is 5.71. The van der Waals surface area contributed by atoms with Crippen LogP contribution in [-0.4, -0.2) is 37.2 Å². The molecule has 0 fully saturated rings. The SMILES string of the molecule is CC/C=C\C/C=C\C/C=C\C/C=C\C/C=C\CCCCCCCC(=O)OCC(COC(=O)CCCCCCCCCCCCCCCCCC)OC(=O)CCCCCCCCCCCCCCCCCC. The van der Waals surface area contributed by atoms with Crippen molar-refractivity contribution in [3.05, 3.63) is 60.8 Å². The fourth-order valence-corrected chi connectivity index (χ4v) is 8.94. The van der Waals surface area contributed by atoms with Gasteiger partial charge in [0.2, 0.25) is 0 Å². The molecule has 0 rings (SSSR count). The normalized spacial score (nSPS) is 12.4. The predicted molar refractivity (Wildman–Crippen MR) is 307 cm³/mol. The van der Waals surface area contributed by atoms with Crippen LogP contribution in [0.4, 0.5) is 0 Å². The van der Waals surface area contributed by atoms with E-state index in [1.54, 1.807) is 0 Å². The van der Waals surface area contributed by atoms with Crippen LogP contribution in [0.3, 0.4) is 0 Å². The van der Waals surface area contributed by atoms with Crippen molar-refractivity contribution < 1.29 is 28.6 Å². The summed E-state index contributed by atoms with van der Waals surface area (Å²) in [6, 6.07) is 0. The predicted octanol–water partition coefficient (Wildman–Crippen LogP) is 20.8. The van der Waals surface area contributed by atoms with Crippen LogP contribution in [0, 0.1) is 0 Å². The molecule has 1 unspecified atom stereocenters. The van der Waals surface area contributed by atoms with Crippen molar-refractivity contribution in [3.8, 4) is 0 Å². The molecule has 0 saturated carbocycles. The van der Waals surface area contributed by atoms with E-state index in [0.717, 1.165) is 109 Å². The summed E-state index contributed by atoms with van der Waals surface area (Å²) in [5, 5.41) is 0. The molecule has 6 heteroatoms. The lowest BCUT2D eigenvalue weighted by molar-refractivity contribution is -0.167. The quantitative estimate of drug-likeness (QED) is 0.0261. The van der Waals surface area contributed by atoms with Crippen LogP contribution in [-0.2, 0) is 28.6 Å². The molecule has 0 N–H and O–H groups in total. The topological polar surface area (TPSA) is 78.9 Å². The molecule has 6 nitrogen and oxygen atoms in total. The summed E-state index contributed by atoms with van der Waals surface area (Å²) in [6.45, 7) is 6.56. The molecule has 0 spiro atoms. The Morgan fingerprint density at radius 1 is 0.296 bits per heavy atom. The number of unbranched alkanes of at least 4 members (excludes halogenated alkanes) is 35. The average molecular weight is 994 g/mol. The van der Waals surface area contributed by atoms with E-state index in [2.05, 4.69) is 81.5 Å². The summed E-state index contributed by atoms with van der Waals surface area (Å²) in [5.74, 6) is -0.876. The number of hydrogen-bond donors (Lipinski definition) is 0. The Hall–Kier alpha value is -2.89. The molecule has 1 atom stereocenters. The van der Waals surface area contributed by atoms with Crippen molar-refractivity contribution >= 4 is 17.9 Å². The minimum Gasteiger partial charge on any atom is -0.462 e. The van der Waals surface area contributed by atoms with Gasteiger partial charge in [-0.25, -0.2) is 0 Å².